The number of hydrogen-bond donors (Lipinski definition) is 2. The van der Waals surface area contributed by atoms with E-state index in [0.717, 1.165) is 11.8 Å². The van der Waals surface area contributed by atoms with Crippen LogP contribution in [0.5, 0.6) is 0 Å². The minimum Gasteiger partial charge on any atom is -0.313 e. The minimum absolute atomic E-state index is 0.284. The van der Waals surface area contributed by atoms with Crippen LogP contribution in [0, 0.1) is 5.82 Å². The van der Waals surface area contributed by atoms with Crippen LogP contribution in [0.15, 0.2) is 22.7 Å². The summed E-state index contributed by atoms with van der Waals surface area (Å²) in [7, 11) is -3.11. The van der Waals surface area contributed by atoms with Crippen molar-refractivity contribution < 1.29 is 12.8 Å². The molecule has 0 radical (unpaired) electrons. The van der Waals surface area contributed by atoms with Gasteiger partial charge in [0, 0.05) is 13.1 Å². The van der Waals surface area contributed by atoms with Crippen LogP contribution >= 0.6 is 15.9 Å². The fraction of sp³-hybridized carbons (Fsp3) is 0.455. The second-order valence-electron chi connectivity index (χ2n) is 3.95. The van der Waals surface area contributed by atoms with Crippen LogP contribution in [-0.4, -0.2) is 27.8 Å². The maximum absolute atomic E-state index is 13.2. The highest BCUT2D eigenvalue weighted by Gasteiger charge is 2.01. The van der Waals surface area contributed by atoms with Gasteiger partial charge < -0.3 is 5.32 Å². The summed E-state index contributed by atoms with van der Waals surface area (Å²) in [5.74, 6) is -0.284. The third kappa shape index (κ3) is 6.44. The Bertz CT molecular complexity index is 494. The van der Waals surface area contributed by atoms with E-state index in [-0.39, 0.29) is 5.82 Å². The summed E-state index contributed by atoms with van der Waals surface area (Å²) < 4.78 is 37.6. The lowest BCUT2D eigenvalue weighted by atomic mass is 10.2. The third-order valence-corrected chi connectivity index (χ3v) is 3.58. The van der Waals surface area contributed by atoms with Crippen molar-refractivity contribution in [2.24, 2.45) is 0 Å². The van der Waals surface area contributed by atoms with Gasteiger partial charge in [-0.05, 0) is 46.6 Å². The Labute approximate surface area is 115 Å². The van der Waals surface area contributed by atoms with E-state index >= 15 is 0 Å². The second kappa shape index (κ2) is 7.18. The first-order chi connectivity index (χ1) is 8.38. The Morgan fingerprint density at radius 1 is 1.33 bits per heavy atom. The quantitative estimate of drug-likeness (QED) is 0.742. The van der Waals surface area contributed by atoms with Crippen LogP contribution in [0.4, 0.5) is 4.39 Å². The predicted molar refractivity (Wildman–Crippen MR) is 73.3 cm³/mol. The van der Waals surface area contributed by atoms with Crippen LogP contribution in [0.25, 0.3) is 0 Å². The van der Waals surface area contributed by atoms with Gasteiger partial charge in [-0.15, -0.1) is 0 Å². The molecule has 0 atom stereocenters. The number of halogens is 2. The molecule has 18 heavy (non-hydrogen) atoms. The number of hydrogen-bond acceptors (Lipinski definition) is 3. The predicted octanol–water partition coefficient (Wildman–Crippen LogP) is 1.62. The average molecular weight is 339 g/mol. The molecule has 7 heteroatoms. The van der Waals surface area contributed by atoms with E-state index in [2.05, 4.69) is 26.0 Å². The number of rotatable bonds is 7. The standard InChI is InChI=1S/C11H16BrFN2O2S/c1-18(16,17)15-6-2-5-14-8-9-3-4-10(12)11(13)7-9/h3-4,7,14-15H,2,5-6,8H2,1H3. The van der Waals surface area contributed by atoms with Gasteiger partial charge in [0.05, 0.1) is 10.7 Å². The van der Waals surface area contributed by atoms with Crippen molar-refractivity contribution in [3.05, 3.63) is 34.1 Å². The van der Waals surface area contributed by atoms with E-state index in [1.54, 1.807) is 6.07 Å². The van der Waals surface area contributed by atoms with Crippen LogP contribution in [0.2, 0.25) is 0 Å². The van der Waals surface area contributed by atoms with Gasteiger partial charge in [0.15, 0.2) is 0 Å². The maximum atomic E-state index is 13.2. The zero-order chi connectivity index (χ0) is 13.6. The molecule has 0 unspecified atom stereocenters. The van der Waals surface area contributed by atoms with E-state index in [9.17, 15) is 12.8 Å². The summed E-state index contributed by atoms with van der Waals surface area (Å²) in [5, 5.41) is 3.12. The SMILES string of the molecule is CS(=O)(=O)NCCCNCc1ccc(Br)c(F)c1. The highest BCUT2D eigenvalue weighted by atomic mass is 79.9. The van der Waals surface area contributed by atoms with Crippen LogP contribution in [0.1, 0.15) is 12.0 Å². The molecule has 0 aromatic heterocycles. The largest absolute Gasteiger partial charge is 0.313 e. The topological polar surface area (TPSA) is 58.2 Å². The lowest BCUT2D eigenvalue weighted by Crippen LogP contribution is -2.26. The molecule has 0 fully saturated rings. The van der Waals surface area contributed by atoms with Crippen LogP contribution < -0.4 is 10.0 Å². The number of benzene rings is 1. The van der Waals surface area contributed by atoms with Gasteiger partial charge in [0.1, 0.15) is 5.82 Å². The first-order valence-electron chi connectivity index (χ1n) is 5.48. The molecule has 0 aliphatic carbocycles. The van der Waals surface area contributed by atoms with E-state index < -0.39 is 10.0 Å². The Balaban J connectivity index is 2.20. The smallest absolute Gasteiger partial charge is 0.208 e. The molecule has 0 saturated heterocycles. The first kappa shape index (κ1) is 15.6. The monoisotopic (exact) mass is 338 g/mol. The molecule has 2 N–H and O–H groups in total. The summed E-state index contributed by atoms with van der Waals surface area (Å²) in [6, 6.07) is 4.96. The van der Waals surface area contributed by atoms with E-state index in [4.69, 9.17) is 0 Å². The summed E-state index contributed by atoms with van der Waals surface area (Å²) in [6.07, 6.45) is 1.82. The summed E-state index contributed by atoms with van der Waals surface area (Å²) in [4.78, 5) is 0. The Kier molecular flexibility index (Phi) is 6.20. The van der Waals surface area contributed by atoms with Crippen molar-refractivity contribution in [3.8, 4) is 0 Å². The van der Waals surface area contributed by atoms with Gasteiger partial charge in [0.25, 0.3) is 0 Å². The summed E-state index contributed by atoms with van der Waals surface area (Å²) in [5.41, 5.74) is 0.853. The molecule has 0 saturated carbocycles. The number of sulfonamides is 1. The van der Waals surface area contributed by atoms with Crippen molar-refractivity contribution in [1.82, 2.24) is 10.0 Å². The first-order valence-corrected chi connectivity index (χ1v) is 8.16. The van der Waals surface area contributed by atoms with Crippen molar-refractivity contribution in [2.45, 2.75) is 13.0 Å². The Morgan fingerprint density at radius 3 is 2.67 bits per heavy atom. The lowest BCUT2D eigenvalue weighted by molar-refractivity contribution is 0.578. The third-order valence-electron chi connectivity index (χ3n) is 2.21. The van der Waals surface area contributed by atoms with Crippen molar-refractivity contribution in [1.29, 1.82) is 0 Å². The normalized spacial score (nSPS) is 11.7. The molecule has 0 aliphatic heterocycles. The van der Waals surface area contributed by atoms with Crippen molar-refractivity contribution in [3.63, 3.8) is 0 Å². The Morgan fingerprint density at radius 2 is 2.06 bits per heavy atom. The molecule has 0 heterocycles. The highest BCUT2D eigenvalue weighted by Crippen LogP contribution is 2.16. The van der Waals surface area contributed by atoms with Gasteiger partial charge in [0.2, 0.25) is 10.0 Å². The van der Waals surface area contributed by atoms with Gasteiger partial charge in [-0.3, -0.25) is 0 Å². The highest BCUT2D eigenvalue weighted by molar-refractivity contribution is 9.10. The molecular formula is C11H16BrFN2O2S. The molecule has 1 aromatic rings. The molecule has 4 nitrogen and oxygen atoms in total. The zero-order valence-electron chi connectivity index (χ0n) is 10.0. The fourth-order valence-electron chi connectivity index (χ4n) is 1.35. The van der Waals surface area contributed by atoms with Gasteiger partial charge in [-0.25, -0.2) is 17.5 Å². The molecule has 0 bridgehead atoms. The van der Waals surface area contributed by atoms with Crippen molar-refractivity contribution in [2.75, 3.05) is 19.3 Å². The average Bonchev–Trinajstić information content (AvgIpc) is 2.26. The molecular weight excluding hydrogens is 323 g/mol. The van der Waals surface area contributed by atoms with Crippen molar-refractivity contribution >= 4 is 26.0 Å². The van der Waals surface area contributed by atoms with E-state index in [1.807, 2.05) is 6.07 Å². The number of nitrogens with one attached hydrogen (secondary N) is 2. The van der Waals surface area contributed by atoms with Crippen LogP contribution in [-0.2, 0) is 16.6 Å². The fourth-order valence-corrected chi connectivity index (χ4v) is 2.12. The van der Waals surface area contributed by atoms with Gasteiger partial charge >= 0.3 is 0 Å². The van der Waals surface area contributed by atoms with E-state index in [1.165, 1.54) is 6.07 Å². The Hall–Kier alpha value is -0.500. The van der Waals surface area contributed by atoms with Gasteiger partial charge in [-0.1, -0.05) is 6.07 Å². The zero-order valence-corrected chi connectivity index (χ0v) is 12.4. The maximum Gasteiger partial charge on any atom is 0.208 e. The van der Waals surface area contributed by atoms with E-state index in [0.29, 0.717) is 30.5 Å². The van der Waals surface area contributed by atoms with Gasteiger partial charge in [-0.2, -0.15) is 0 Å². The molecule has 0 spiro atoms. The molecule has 102 valence electrons. The summed E-state index contributed by atoms with van der Waals surface area (Å²) in [6.45, 7) is 1.63. The second-order valence-corrected chi connectivity index (χ2v) is 6.63. The minimum atomic E-state index is -3.11. The molecule has 0 aliphatic rings. The summed E-state index contributed by atoms with van der Waals surface area (Å²) >= 11 is 3.09. The lowest BCUT2D eigenvalue weighted by Gasteiger charge is -2.06. The molecule has 0 amide bonds. The molecule has 1 rings (SSSR count). The van der Waals surface area contributed by atoms with Crippen LogP contribution in [0.3, 0.4) is 0 Å². The molecule has 1 aromatic carbocycles.